The highest BCUT2D eigenvalue weighted by atomic mass is 16.1. The van der Waals surface area contributed by atoms with Crippen molar-refractivity contribution in [2.45, 2.75) is 52.4 Å². The molecule has 82 valence electrons. The van der Waals surface area contributed by atoms with Crippen molar-refractivity contribution in [2.24, 2.45) is 17.1 Å². The summed E-state index contributed by atoms with van der Waals surface area (Å²) in [4.78, 5) is 12.1. The van der Waals surface area contributed by atoms with Gasteiger partial charge in [0.25, 0.3) is 0 Å². The molecule has 0 aromatic carbocycles. The number of carbonyl (C=O) groups excluding carboxylic acids is 1. The topological polar surface area (TPSA) is 43.1 Å². The van der Waals surface area contributed by atoms with E-state index in [9.17, 15) is 4.79 Å². The molecule has 2 nitrogen and oxygen atoms in total. The molecule has 0 saturated heterocycles. The van der Waals surface area contributed by atoms with E-state index in [2.05, 4.69) is 13.8 Å². The molecule has 0 amide bonds. The first-order valence-corrected chi connectivity index (χ1v) is 5.88. The van der Waals surface area contributed by atoms with Crippen LogP contribution in [0, 0.1) is 11.3 Å². The van der Waals surface area contributed by atoms with Crippen LogP contribution >= 0.6 is 0 Å². The predicted molar refractivity (Wildman–Crippen MR) is 59.0 cm³/mol. The van der Waals surface area contributed by atoms with Crippen molar-refractivity contribution in [3.63, 3.8) is 0 Å². The Bertz CT molecular complexity index is 194. The molecule has 0 spiro atoms. The Morgan fingerprint density at radius 1 is 1.43 bits per heavy atom. The number of hydrogen-bond acceptors (Lipinski definition) is 2. The monoisotopic (exact) mass is 197 g/mol. The van der Waals surface area contributed by atoms with Crippen molar-refractivity contribution >= 4 is 5.78 Å². The molecule has 0 aromatic rings. The molecule has 1 aliphatic carbocycles. The Hall–Kier alpha value is -0.370. The minimum absolute atomic E-state index is 0.135. The van der Waals surface area contributed by atoms with Gasteiger partial charge in [0.2, 0.25) is 0 Å². The predicted octanol–water partition coefficient (Wildman–Crippen LogP) is 2.51. The quantitative estimate of drug-likeness (QED) is 0.736. The van der Waals surface area contributed by atoms with E-state index in [1.165, 1.54) is 12.8 Å². The Morgan fingerprint density at radius 2 is 2.00 bits per heavy atom. The van der Waals surface area contributed by atoms with Crippen LogP contribution in [0.5, 0.6) is 0 Å². The first kappa shape index (κ1) is 11.7. The van der Waals surface area contributed by atoms with Crippen molar-refractivity contribution < 1.29 is 4.79 Å². The number of carbonyl (C=O) groups is 1. The lowest BCUT2D eigenvalue weighted by atomic mass is 9.78. The molecule has 14 heavy (non-hydrogen) atoms. The van der Waals surface area contributed by atoms with E-state index in [1.54, 1.807) is 0 Å². The van der Waals surface area contributed by atoms with E-state index < -0.39 is 0 Å². The van der Waals surface area contributed by atoms with Gasteiger partial charge in [0.05, 0.1) is 0 Å². The number of nitrogens with two attached hydrogens (primary N) is 1. The second-order valence-electron chi connectivity index (χ2n) is 4.83. The van der Waals surface area contributed by atoms with Gasteiger partial charge in [0.1, 0.15) is 5.78 Å². The maximum atomic E-state index is 12.1. The summed E-state index contributed by atoms with van der Waals surface area (Å²) in [7, 11) is 0. The van der Waals surface area contributed by atoms with Crippen LogP contribution in [0.2, 0.25) is 0 Å². The zero-order chi connectivity index (χ0) is 10.6. The third kappa shape index (κ3) is 2.35. The van der Waals surface area contributed by atoms with Gasteiger partial charge in [-0.3, -0.25) is 4.79 Å². The third-order valence-corrected chi connectivity index (χ3v) is 3.77. The number of rotatable bonds is 5. The van der Waals surface area contributed by atoms with E-state index in [-0.39, 0.29) is 5.41 Å². The molecule has 0 aromatic heterocycles. The average molecular weight is 197 g/mol. The number of Topliss-reactive ketones (excluding diaryl/α,β-unsaturated/α-hetero) is 1. The standard InChI is InChI=1S/C12H23NO/c1-3-10(2)8-11(14)12(9-13)6-4-5-7-12/h10H,3-9,13H2,1-2H3. The summed E-state index contributed by atoms with van der Waals surface area (Å²) in [5, 5.41) is 0. The summed E-state index contributed by atoms with van der Waals surface area (Å²) >= 11 is 0. The summed E-state index contributed by atoms with van der Waals surface area (Å²) in [6.45, 7) is 4.85. The van der Waals surface area contributed by atoms with Crippen molar-refractivity contribution in [3.05, 3.63) is 0 Å². The molecular formula is C12H23NO. The first-order valence-electron chi connectivity index (χ1n) is 5.88. The molecule has 1 fully saturated rings. The average Bonchev–Trinajstić information content (AvgIpc) is 2.67. The van der Waals surface area contributed by atoms with Gasteiger partial charge in [-0.1, -0.05) is 33.1 Å². The van der Waals surface area contributed by atoms with Crippen LogP contribution in [0.15, 0.2) is 0 Å². The van der Waals surface area contributed by atoms with Crippen LogP contribution < -0.4 is 5.73 Å². The van der Waals surface area contributed by atoms with Gasteiger partial charge in [0, 0.05) is 18.4 Å². The van der Waals surface area contributed by atoms with Gasteiger partial charge in [-0.05, 0) is 18.8 Å². The Morgan fingerprint density at radius 3 is 2.43 bits per heavy atom. The van der Waals surface area contributed by atoms with Crippen LogP contribution in [-0.2, 0) is 4.79 Å². The summed E-state index contributed by atoms with van der Waals surface area (Å²) in [6, 6.07) is 0. The van der Waals surface area contributed by atoms with Gasteiger partial charge in [-0.15, -0.1) is 0 Å². The normalized spacial score (nSPS) is 22.2. The Kier molecular flexibility index (Phi) is 4.11. The molecule has 0 radical (unpaired) electrons. The maximum absolute atomic E-state index is 12.1. The lowest BCUT2D eigenvalue weighted by Gasteiger charge is -2.26. The molecule has 1 aliphatic rings. The van der Waals surface area contributed by atoms with Crippen molar-refractivity contribution in [1.82, 2.24) is 0 Å². The lowest BCUT2D eigenvalue weighted by Crippen LogP contribution is -2.36. The summed E-state index contributed by atoms with van der Waals surface area (Å²) in [5.41, 5.74) is 5.63. The Balaban J connectivity index is 2.56. The molecule has 0 heterocycles. The van der Waals surface area contributed by atoms with Crippen LogP contribution in [-0.4, -0.2) is 12.3 Å². The summed E-state index contributed by atoms with van der Waals surface area (Å²) in [6.07, 6.45) is 6.24. The van der Waals surface area contributed by atoms with Gasteiger partial charge >= 0.3 is 0 Å². The highest BCUT2D eigenvalue weighted by Gasteiger charge is 2.39. The molecule has 1 unspecified atom stereocenters. The zero-order valence-electron chi connectivity index (χ0n) is 9.51. The van der Waals surface area contributed by atoms with E-state index in [4.69, 9.17) is 5.73 Å². The first-order chi connectivity index (χ1) is 6.64. The molecule has 0 bridgehead atoms. The highest BCUT2D eigenvalue weighted by Crippen LogP contribution is 2.39. The fraction of sp³-hybridized carbons (Fsp3) is 0.917. The van der Waals surface area contributed by atoms with E-state index in [0.29, 0.717) is 18.2 Å². The molecule has 0 aliphatic heterocycles. The molecule has 1 saturated carbocycles. The number of hydrogen-bond donors (Lipinski definition) is 1. The molecule has 1 atom stereocenters. The third-order valence-electron chi connectivity index (χ3n) is 3.77. The van der Waals surface area contributed by atoms with Crippen LogP contribution in [0.4, 0.5) is 0 Å². The van der Waals surface area contributed by atoms with Crippen molar-refractivity contribution in [2.75, 3.05) is 6.54 Å². The second kappa shape index (κ2) is 4.92. The molecule has 2 heteroatoms. The summed E-state index contributed by atoms with van der Waals surface area (Å²) < 4.78 is 0. The van der Waals surface area contributed by atoms with Gasteiger partial charge in [-0.25, -0.2) is 0 Å². The van der Waals surface area contributed by atoms with E-state index >= 15 is 0 Å². The minimum Gasteiger partial charge on any atom is -0.329 e. The van der Waals surface area contributed by atoms with Crippen LogP contribution in [0.1, 0.15) is 52.4 Å². The Labute approximate surface area is 87.2 Å². The minimum atomic E-state index is -0.135. The zero-order valence-corrected chi connectivity index (χ0v) is 9.51. The molecular weight excluding hydrogens is 174 g/mol. The highest BCUT2D eigenvalue weighted by molar-refractivity contribution is 5.85. The van der Waals surface area contributed by atoms with Gasteiger partial charge < -0.3 is 5.73 Å². The molecule has 2 N–H and O–H groups in total. The maximum Gasteiger partial charge on any atom is 0.140 e. The summed E-state index contributed by atoms with van der Waals surface area (Å²) in [5.74, 6) is 0.943. The van der Waals surface area contributed by atoms with E-state index in [0.717, 1.165) is 25.7 Å². The molecule has 1 rings (SSSR count). The van der Waals surface area contributed by atoms with Crippen molar-refractivity contribution in [3.8, 4) is 0 Å². The largest absolute Gasteiger partial charge is 0.329 e. The van der Waals surface area contributed by atoms with Gasteiger partial charge in [0.15, 0.2) is 0 Å². The fourth-order valence-corrected chi connectivity index (χ4v) is 2.33. The van der Waals surface area contributed by atoms with Crippen molar-refractivity contribution in [1.29, 1.82) is 0 Å². The van der Waals surface area contributed by atoms with Crippen LogP contribution in [0.3, 0.4) is 0 Å². The smallest absolute Gasteiger partial charge is 0.140 e. The van der Waals surface area contributed by atoms with Gasteiger partial charge in [-0.2, -0.15) is 0 Å². The second-order valence-corrected chi connectivity index (χ2v) is 4.83. The fourth-order valence-electron chi connectivity index (χ4n) is 2.33. The SMILES string of the molecule is CCC(C)CC(=O)C1(CN)CCCC1. The van der Waals surface area contributed by atoms with Crippen LogP contribution in [0.25, 0.3) is 0 Å². The number of ketones is 1. The lowest BCUT2D eigenvalue weighted by molar-refractivity contribution is -0.128. The van der Waals surface area contributed by atoms with E-state index in [1.807, 2.05) is 0 Å².